The van der Waals surface area contributed by atoms with Gasteiger partial charge in [0.2, 0.25) is 6.33 Å². The summed E-state index contributed by atoms with van der Waals surface area (Å²) in [4.78, 5) is 34.1. The summed E-state index contributed by atoms with van der Waals surface area (Å²) in [6.07, 6.45) is 35.5. The number of rotatable bonds is 7. The van der Waals surface area contributed by atoms with E-state index in [4.69, 9.17) is 16.5 Å². The molecule has 0 spiro atoms. The van der Waals surface area contributed by atoms with Crippen molar-refractivity contribution in [3.8, 4) is 11.4 Å². The number of para-hydroxylation sites is 9. The zero-order valence-electron chi connectivity index (χ0n) is 66.7. The molecule has 0 N–H and O–H groups in total. The van der Waals surface area contributed by atoms with Gasteiger partial charge in [-0.25, -0.2) is 19.5 Å². The molecule has 21 rings (SSSR count). The van der Waals surface area contributed by atoms with E-state index in [2.05, 4.69) is 154 Å². The molecule has 0 bridgehead atoms. The van der Waals surface area contributed by atoms with Gasteiger partial charge in [-0.05, 0) is 131 Å². The van der Waals surface area contributed by atoms with Crippen LogP contribution in [0.25, 0.3) is 88.5 Å². The van der Waals surface area contributed by atoms with Gasteiger partial charge in [0.1, 0.15) is 46.0 Å². The number of furan rings is 3. The SMILES string of the molecule is CN1C=CN(c2[c-]ccc3c2oc2ccccc23)[CH-]1.CN1C=CN(c2cccc3c2oc2ccccc23)[CH-]1.CN1C=CN(c2cccc3c2oc2ccccc23)[CH-]1.[Ag].[C-]1=CCC/C=C\CC1.[CH3-].[H-].[I-].[I-].[Ir].[Ir].[K+].[K][K].[O]=[Ag].[c-]1ccccc1N1[CH-]N(c2ccccc2)c2nccnc21.c1ccc(-n2c[n+](-c3ccccc3)c3nccnc32)cc1. The molecule has 0 amide bonds. The molecule has 4 aliphatic heterocycles. The van der Waals surface area contributed by atoms with Crippen LogP contribution in [0, 0.1) is 52.3 Å². The number of hydrogen-bond donors (Lipinski definition) is 0. The van der Waals surface area contributed by atoms with Gasteiger partial charge in [0.05, 0.1) is 17.6 Å². The summed E-state index contributed by atoms with van der Waals surface area (Å²) in [6, 6.07) is 85.6. The van der Waals surface area contributed by atoms with Crippen LogP contribution in [0.5, 0.6) is 0 Å². The molecule has 118 heavy (non-hydrogen) atoms. The monoisotopic (exact) mass is 2400 g/mol. The third-order valence-corrected chi connectivity index (χ3v) is 18.2. The van der Waals surface area contributed by atoms with Gasteiger partial charge >= 0.3 is 144 Å². The standard InChI is InChI=1S/C17H13N4.C17H12N4.2C16H13N2O.C16H12N2O.C8H11.CH3.2Ag.2HI.2Ir.3K.O.H/c2*1-3-7-14(8-4-1)20-13-21(15-9-5-2-6-10-15)17-16(20)18-11-12-19-17;3*1-17-9-10-18(11-17)14-7-4-6-13-12-5-2-3-8-15(12)19-16(13)14;1-2-4-6-8-7-5-3-1;;;;;;;;;;;;/h1-13H;1-9,11-13H;2*2-11H,1H3;2-6,8-11H,1H3;1-2,7H,3-6H2;1H3;;;2*1H;;;;;;;/q+1;-2;2*-1;-2;2*-1;;;;;;;;;+1;;-1/p-2/b;;;;;2-1-;;;;;;;;;;;;. The molecule has 0 atom stereocenters. The fraction of sp³-hybridized carbons (Fsp3) is 0.0769. The van der Waals surface area contributed by atoms with Gasteiger partial charge in [-0.1, -0.05) is 170 Å². The Kier molecular flexibility index (Phi) is 43.3. The summed E-state index contributed by atoms with van der Waals surface area (Å²) in [5.41, 5.74) is 14.4. The average molecular weight is 2400 g/mol. The molecule has 1 aliphatic carbocycles. The maximum absolute atomic E-state index is 8.06. The van der Waals surface area contributed by atoms with Gasteiger partial charge in [0, 0.05) is 113 Å². The number of nitrogens with zero attached hydrogens (tertiary/aromatic N) is 14. The van der Waals surface area contributed by atoms with Crippen LogP contribution in [0.1, 0.15) is 27.1 Å². The predicted molar refractivity (Wildman–Crippen MR) is 449 cm³/mol. The number of halogens is 2. The molecule has 16 aromatic rings. The number of benzene rings is 10. The molecule has 10 heterocycles. The minimum absolute atomic E-state index is 0. The van der Waals surface area contributed by atoms with E-state index in [0.29, 0.717) is 0 Å². The van der Waals surface area contributed by atoms with Crippen LogP contribution < -0.4 is 128 Å². The Morgan fingerprint density at radius 2 is 0.898 bits per heavy atom. The second-order valence-corrected chi connectivity index (χ2v) is 25.5. The smallest absolute Gasteiger partial charge is 0.327 e. The Bertz CT molecular complexity index is 5480. The number of hydrogen-bond acceptors (Lipinski definition) is 16. The Hall–Kier alpha value is -4.72. The van der Waals surface area contributed by atoms with Crippen LogP contribution >= 0.6 is 0 Å². The second kappa shape index (κ2) is 50.9. The van der Waals surface area contributed by atoms with Crippen LogP contribution in [-0.4, -0.2) is 123 Å². The molecule has 5 aliphatic rings. The third kappa shape index (κ3) is 24.4. The maximum atomic E-state index is 8.06. The van der Waals surface area contributed by atoms with Gasteiger partial charge < -0.3 is 115 Å². The van der Waals surface area contributed by atoms with E-state index in [-0.39, 0.29) is 171 Å². The van der Waals surface area contributed by atoms with Gasteiger partial charge in [-0.3, -0.25) is 6.08 Å². The predicted octanol–water partition coefficient (Wildman–Crippen LogP) is 11.1. The van der Waals surface area contributed by atoms with E-state index in [1.165, 1.54) is 82.4 Å². The van der Waals surface area contributed by atoms with Crippen molar-refractivity contribution in [2.24, 2.45) is 0 Å². The average Bonchev–Trinajstić information content (AvgIpc) is 2.30. The van der Waals surface area contributed by atoms with Crippen LogP contribution in [0.3, 0.4) is 0 Å². The van der Waals surface area contributed by atoms with E-state index >= 15 is 0 Å². The Labute approximate surface area is 867 Å². The summed E-state index contributed by atoms with van der Waals surface area (Å²) >= 11 is 4.20. The first-order valence-corrected chi connectivity index (χ1v) is 53.1. The minimum Gasteiger partial charge on any atom is -0.477 e. The Balaban J connectivity index is 0.000000219. The first-order chi connectivity index (χ1) is 54.8. The summed E-state index contributed by atoms with van der Waals surface area (Å²) in [7, 11) is 6.01. The van der Waals surface area contributed by atoms with Gasteiger partial charge in [0.25, 0.3) is 5.65 Å². The fourth-order valence-corrected chi connectivity index (χ4v) is 13.1. The van der Waals surface area contributed by atoms with Crippen LogP contribution in [0.15, 0.2) is 336 Å². The quantitative estimate of drug-likeness (QED) is 0.0490. The first-order valence-electron chi connectivity index (χ1n) is 36.5. The molecule has 0 saturated heterocycles. The molecule has 602 valence electrons. The molecular formula is C91H78Ag2I2Ir2K3N14O4-9. The number of anilines is 7. The molecule has 27 heteroatoms. The summed E-state index contributed by atoms with van der Waals surface area (Å²) in [6.45, 7) is 8.05. The Morgan fingerprint density at radius 1 is 0.449 bits per heavy atom. The van der Waals surface area contributed by atoms with Gasteiger partial charge in [-0.2, -0.15) is 79.5 Å². The van der Waals surface area contributed by atoms with Crippen molar-refractivity contribution in [3.05, 3.63) is 375 Å². The molecule has 18 nitrogen and oxygen atoms in total. The fourth-order valence-electron chi connectivity index (χ4n) is 13.1. The number of imidazole rings is 1. The van der Waals surface area contributed by atoms with E-state index < -0.39 is 0 Å². The third-order valence-electron chi connectivity index (χ3n) is 18.2. The first kappa shape index (κ1) is 100. The van der Waals surface area contributed by atoms with Crippen molar-refractivity contribution in [2.75, 3.05) is 45.6 Å². The van der Waals surface area contributed by atoms with E-state index in [1.54, 1.807) is 45.8 Å². The molecule has 10 aromatic carbocycles. The second-order valence-electron chi connectivity index (χ2n) is 25.5. The zero-order chi connectivity index (χ0) is 76.3. The van der Waals surface area contributed by atoms with Crippen molar-refractivity contribution in [2.45, 2.75) is 25.7 Å². The van der Waals surface area contributed by atoms with Gasteiger partial charge in [0.15, 0.2) is 11.2 Å². The van der Waals surface area contributed by atoms with E-state index in [1.807, 2.05) is 278 Å². The minimum atomic E-state index is 0. The number of fused-ring (bicyclic) bond motifs is 11. The summed E-state index contributed by atoms with van der Waals surface area (Å²) in [5.74, 6) is 1.63. The van der Waals surface area contributed by atoms with E-state index in [0.717, 1.165) is 135 Å². The normalized spacial score (nSPS) is 13.3. The van der Waals surface area contributed by atoms with Crippen LogP contribution in [0.4, 0.5) is 40.1 Å². The van der Waals surface area contributed by atoms with Crippen LogP contribution in [-0.2, 0) is 86.9 Å². The Morgan fingerprint density at radius 3 is 1.42 bits per heavy atom. The van der Waals surface area contributed by atoms with Crippen molar-refractivity contribution in [1.82, 2.24) is 39.2 Å². The van der Waals surface area contributed by atoms with Crippen molar-refractivity contribution >= 4 is 180 Å². The molecule has 0 fully saturated rings. The maximum Gasteiger partial charge on any atom is 0.327 e. The largest absolute Gasteiger partial charge is 0.477 e. The van der Waals surface area contributed by atoms with Crippen molar-refractivity contribution in [3.63, 3.8) is 0 Å². The van der Waals surface area contributed by atoms with Crippen molar-refractivity contribution in [1.29, 1.82) is 0 Å². The topological polar surface area (TPSA) is 143 Å². The summed E-state index contributed by atoms with van der Waals surface area (Å²) in [5, 5.41) is 6.91. The number of aromatic nitrogens is 6. The molecule has 0 saturated carbocycles. The van der Waals surface area contributed by atoms with Gasteiger partial charge in [-0.15, -0.1) is 17.3 Å². The molecular weight excluding hydrogens is 2320 g/mol. The molecule has 0 unspecified atom stereocenters. The van der Waals surface area contributed by atoms with E-state index in [9.17, 15) is 0 Å². The summed E-state index contributed by atoms with van der Waals surface area (Å²) < 4.78 is 30.2. The molecule has 6 aromatic heterocycles. The number of allylic oxidation sites excluding steroid dienone is 4. The van der Waals surface area contributed by atoms with Crippen LogP contribution in [0.2, 0.25) is 0 Å². The van der Waals surface area contributed by atoms with Crippen molar-refractivity contribution < 1.29 is 205 Å². The molecule has 3 radical (unpaired) electrons. The zero-order valence-corrected chi connectivity index (χ0v) is 87.1.